The number of nitrogen functional groups attached to an aromatic ring is 1. The zero-order valence-electron chi connectivity index (χ0n) is 11.2. The molecule has 0 spiro atoms. The number of nitrogens with two attached hydrogens (primary N) is 1. The number of anilines is 1. The molecular formula is C15H11FN4O. The van der Waals surface area contributed by atoms with Gasteiger partial charge in [0.15, 0.2) is 0 Å². The van der Waals surface area contributed by atoms with E-state index in [-0.39, 0.29) is 11.5 Å². The molecule has 104 valence electrons. The van der Waals surface area contributed by atoms with Gasteiger partial charge in [-0.1, -0.05) is 6.07 Å². The summed E-state index contributed by atoms with van der Waals surface area (Å²) in [5, 5.41) is 9.19. The SMILES string of the molecule is COc1cccc2c1nc(N)n2-c1ccc(F)cc1C#N. The Kier molecular flexibility index (Phi) is 2.95. The van der Waals surface area contributed by atoms with E-state index in [0.717, 1.165) is 0 Å². The van der Waals surface area contributed by atoms with E-state index < -0.39 is 5.82 Å². The topological polar surface area (TPSA) is 76.9 Å². The van der Waals surface area contributed by atoms with Crippen LogP contribution in [0.25, 0.3) is 16.7 Å². The van der Waals surface area contributed by atoms with E-state index in [2.05, 4.69) is 4.98 Å². The van der Waals surface area contributed by atoms with Gasteiger partial charge in [0, 0.05) is 0 Å². The Morgan fingerprint density at radius 2 is 2.14 bits per heavy atom. The molecule has 1 aromatic heterocycles. The van der Waals surface area contributed by atoms with Gasteiger partial charge in [-0.2, -0.15) is 5.26 Å². The maximum absolute atomic E-state index is 13.3. The van der Waals surface area contributed by atoms with Crippen molar-refractivity contribution in [1.29, 1.82) is 5.26 Å². The maximum atomic E-state index is 13.3. The van der Waals surface area contributed by atoms with Crippen molar-refractivity contribution >= 4 is 17.0 Å². The normalized spacial score (nSPS) is 10.5. The third-order valence-electron chi connectivity index (χ3n) is 3.21. The minimum atomic E-state index is -0.476. The highest BCUT2D eigenvalue weighted by atomic mass is 19.1. The lowest BCUT2D eigenvalue weighted by molar-refractivity contribution is 0.419. The van der Waals surface area contributed by atoms with Gasteiger partial charge in [0.25, 0.3) is 0 Å². The fourth-order valence-corrected chi connectivity index (χ4v) is 2.30. The zero-order valence-corrected chi connectivity index (χ0v) is 11.2. The van der Waals surface area contributed by atoms with Crippen LogP contribution >= 0.6 is 0 Å². The summed E-state index contributed by atoms with van der Waals surface area (Å²) in [6.45, 7) is 0. The Balaban J connectivity index is 2.36. The molecular weight excluding hydrogens is 271 g/mol. The van der Waals surface area contributed by atoms with Crippen LogP contribution < -0.4 is 10.5 Å². The van der Waals surface area contributed by atoms with Gasteiger partial charge in [-0.3, -0.25) is 4.57 Å². The quantitative estimate of drug-likeness (QED) is 0.783. The monoisotopic (exact) mass is 282 g/mol. The molecule has 21 heavy (non-hydrogen) atoms. The highest BCUT2D eigenvalue weighted by Crippen LogP contribution is 2.30. The van der Waals surface area contributed by atoms with Crippen molar-refractivity contribution in [1.82, 2.24) is 9.55 Å². The predicted molar refractivity (Wildman–Crippen MR) is 76.7 cm³/mol. The summed E-state index contributed by atoms with van der Waals surface area (Å²) in [5.41, 5.74) is 7.91. The first-order valence-corrected chi connectivity index (χ1v) is 6.16. The molecule has 6 heteroatoms. The zero-order chi connectivity index (χ0) is 15.0. The Morgan fingerprint density at radius 3 is 2.86 bits per heavy atom. The van der Waals surface area contributed by atoms with Gasteiger partial charge >= 0.3 is 0 Å². The van der Waals surface area contributed by atoms with Gasteiger partial charge in [-0.25, -0.2) is 9.37 Å². The van der Waals surface area contributed by atoms with Gasteiger partial charge in [0.05, 0.1) is 23.9 Å². The van der Waals surface area contributed by atoms with Gasteiger partial charge < -0.3 is 10.5 Å². The number of hydrogen-bond acceptors (Lipinski definition) is 4. The van der Waals surface area contributed by atoms with Gasteiger partial charge in [0.1, 0.15) is 23.2 Å². The number of benzene rings is 2. The second-order valence-electron chi connectivity index (χ2n) is 4.41. The van der Waals surface area contributed by atoms with Crippen molar-refractivity contribution in [2.45, 2.75) is 0 Å². The number of aromatic nitrogens is 2. The first kappa shape index (κ1) is 12.9. The lowest BCUT2D eigenvalue weighted by atomic mass is 10.2. The van der Waals surface area contributed by atoms with Crippen LogP contribution in [0.15, 0.2) is 36.4 Å². The molecule has 3 aromatic rings. The van der Waals surface area contributed by atoms with Crippen LogP contribution in [-0.4, -0.2) is 16.7 Å². The Labute approximate surface area is 120 Å². The molecule has 0 saturated carbocycles. The van der Waals surface area contributed by atoms with Gasteiger partial charge in [-0.15, -0.1) is 0 Å². The number of nitrogens with zero attached hydrogens (tertiary/aromatic N) is 3. The minimum absolute atomic E-state index is 0.184. The highest BCUT2D eigenvalue weighted by Gasteiger charge is 2.16. The number of imidazole rings is 1. The van der Waals surface area contributed by atoms with E-state index >= 15 is 0 Å². The van der Waals surface area contributed by atoms with E-state index in [1.807, 2.05) is 12.1 Å². The fraction of sp³-hybridized carbons (Fsp3) is 0.0667. The Hall–Kier alpha value is -3.07. The molecule has 1 heterocycles. The van der Waals surface area contributed by atoms with Crippen LogP contribution in [0.2, 0.25) is 0 Å². The van der Waals surface area contributed by atoms with Crippen LogP contribution in [0.5, 0.6) is 5.75 Å². The number of ether oxygens (including phenoxy) is 1. The molecule has 0 fully saturated rings. The number of para-hydroxylation sites is 1. The van der Waals surface area contributed by atoms with E-state index in [0.29, 0.717) is 22.5 Å². The van der Waals surface area contributed by atoms with Gasteiger partial charge in [0.2, 0.25) is 5.95 Å². The lowest BCUT2D eigenvalue weighted by Gasteiger charge is -2.09. The van der Waals surface area contributed by atoms with E-state index in [4.69, 9.17) is 10.5 Å². The number of hydrogen-bond donors (Lipinski definition) is 1. The molecule has 0 radical (unpaired) electrons. The molecule has 0 atom stereocenters. The largest absolute Gasteiger partial charge is 0.494 e. The number of halogens is 1. The first-order valence-electron chi connectivity index (χ1n) is 6.16. The second kappa shape index (κ2) is 4.80. The average Bonchev–Trinajstić information content (AvgIpc) is 2.83. The standard InChI is InChI=1S/C15H11FN4O/c1-21-13-4-2-3-12-14(13)19-15(18)20(12)11-6-5-10(16)7-9(11)8-17/h2-7H,1H3,(H2,18,19). The lowest BCUT2D eigenvalue weighted by Crippen LogP contribution is -2.03. The minimum Gasteiger partial charge on any atom is -0.494 e. The van der Waals surface area contributed by atoms with Gasteiger partial charge in [-0.05, 0) is 30.3 Å². The molecule has 3 rings (SSSR count). The fourth-order valence-electron chi connectivity index (χ4n) is 2.30. The van der Waals surface area contributed by atoms with E-state index in [9.17, 15) is 9.65 Å². The van der Waals surface area contributed by atoms with Crippen molar-refractivity contribution in [3.63, 3.8) is 0 Å². The molecule has 0 aliphatic rings. The molecule has 0 unspecified atom stereocenters. The number of rotatable bonds is 2. The highest BCUT2D eigenvalue weighted by molar-refractivity contribution is 5.86. The smallest absolute Gasteiger partial charge is 0.206 e. The number of fused-ring (bicyclic) bond motifs is 1. The van der Waals surface area contributed by atoms with Crippen molar-refractivity contribution in [2.24, 2.45) is 0 Å². The molecule has 0 saturated heterocycles. The van der Waals surface area contributed by atoms with Crippen LogP contribution in [0, 0.1) is 17.1 Å². The van der Waals surface area contributed by atoms with Crippen LogP contribution in [0.3, 0.4) is 0 Å². The third kappa shape index (κ3) is 1.96. The summed E-state index contributed by atoms with van der Waals surface area (Å²) in [7, 11) is 1.54. The van der Waals surface area contributed by atoms with E-state index in [1.54, 1.807) is 23.8 Å². The summed E-state index contributed by atoms with van der Waals surface area (Å²) in [6.07, 6.45) is 0. The van der Waals surface area contributed by atoms with E-state index in [1.165, 1.54) is 18.2 Å². The van der Waals surface area contributed by atoms with Crippen molar-refractivity contribution in [3.8, 4) is 17.5 Å². The van der Waals surface area contributed by atoms with Crippen molar-refractivity contribution in [2.75, 3.05) is 12.8 Å². The van der Waals surface area contributed by atoms with Crippen molar-refractivity contribution in [3.05, 3.63) is 47.8 Å². The molecule has 2 N–H and O–H groups in total. The van der Waals surface area contributed by atoms with Crippen molar-refractivity contribution < 1.29 is 9.13 Å². The Bertz CT molecular complexity index is 879. The molecule has 5 nitrogen and oxygen atoms in total. The third-order valence-corrected chi connectivity index (χ3v) is 3.21. The summed E-state index contributed by atoms with van der Waals surface area (Å²) in [6, 6.07) is 11.3. The predicted octanol–water partition coefficient (Wildman–Crippen LogP) is 2.63. The molecule has 2 aromatic carbocycles. The Morgan fingerprint density at radius 1 is 1.33 bits per heavy atom. The molecule has 0 aliphatic heterocycles. The van der Waals surface area contributed by atoms with Crippen LogP contribution in [0.1, 0.15) is 5.56 Å². The maximum Gasteiger partial charge on any atom is 0.206 e. The second-order valence-corrected chi connectivity index (χ2v) is 4.41. The van der Waals surface area contributed by atoms with Crippen LogP contribution in [-0.2, 0) is 0 Å². The molecule has 0 aliphatic carbocycles. The molecule has 0 bridgehead atoms. The summed E-state index contributed by atoms with van der Waals surface area (Å²) >= 11 is 0. The molecule has 0 amide bonds. The van der Waals surface area contributed by atoms with Crippen LogP contribution in [0.4, 0.5) is 10.3 Å². The summed E-state index contributed by atoms with van der Waals surface area (Å²) < 4.78 is 20.1. The first-order chi connectivity index (χ1) is 10.2. The summed E-state index contributed by atoms with van der Waals surface area (Å²) in [4.78, 5) is 4.27. The average molecular weight is 282 g/mol. The summed E-state index contributed by atoms with van der Waals surface area (Å²) in [5.74, 6) is 0.312. The number of methoxy groups -OCH3 is 1. The number of nitriles is 1.